The first-order chi connectivity index (χ1) is 5.40. The summed E-state index contributed by atoms with van der Waals surface area (Å²) < 4.78 is 0. The number of nitrogens with one attached hydrogen (secondary N) is 1. The number of nitrogens with zero attached hydrogens (tertiary/aromatic N) is 1. The summed E-state index contributed by atoms with van der Waals surface area (Å²) in [7, 11) is 0. The van der Waals surface area contributed by atoms with E-state index in [0.29, 0.717) is 0 Å². The lowest BCUT2D eigenvalue weighted by atomic mass is 10.1. The molecule has 0 aromatic rings. The van der Waals surface area contributed by atoms with E-state index < -0.39 is 24.0 Å². The fourth-order valence-corrected chi connectivity index (χ4v) is 0.444. The first-order valence-electron chi connectivity index (χ1n) is 3.38. The van der Waals surface area contributed by atoms with Gasteiger partial charge in [0.2, 0.25) is 5.91 Å². The molecule has 0 aliphatic rings. The summed E-state index contributed by atoms with van der Waals surface area (Å²) in [5.74, 6) is -1.52. The Morgan fingerprint density at radius 2 is 2.08 bits per heavy atom. The second-order valence-corrected chi connectivity index (χ2v) is 2.79. The lowest BCUT2D eigenvalue weighted by Gasteiger charge is -2.16. The largest absolute Gasteiger partial charge is 0.480 e. The summed E-state index contributed by atoms with van der Waals surface area (Å²) in [5.41, 5.74) is -0.963. The van der Waals surface area contributed by atoms with Gasteiger partial charge in [0.05, 0.1) is 0 Å². The van der Waals surface area contributed by atoms with E-state index in [1.807, 2.05) is 0 Å². The Balaban J connectivity index is 4.04. The van der Waals surface area contributed by atoms with Gasteiger partial charge in [-0.05, 0) is 20.6 Å². The predicted octanol–water partition coefficient (Wildman–Crippen LogP) is -0.334. The Kier molecular flexibility index (Phi) is 3.40. The Bertz CT molecular complexity index is 211. The molecule has 5 heteroatoms. The molecule has 0 atom stereocenters. The van der Waals surface area contributed by atoms with Gasteiger partial charge in [-0.1, -0.05) is 0 Å². The van der Waals surface area contributed by atoms with Crippen LogP contribution in [0.4, 0.5) is 0 Å². The van der Waals surface area contributed by atoms with Crippen molar-refractivity contribution < 1.29 is 14.7 Å². The number of carbonyl (C=O) groups is 2. The molecular formula is C7H12N2O3. The molecule has 0 saturated heterocycles. The maximum absolute atomic E-state index is 11.1. The van der Waals surface area contributed by atoms with Gasteiger partial charge in [-0.25, -0.2) is 0 Å². The number of carboxylic acids is 1. The third-order valence-electron chi connectivity index (χ3n) is 1.35. The van der Waals surface area contributed by atoms with Gasteiger partial charge in [0.1, 0.15) is 12.1 Å². The molecule has 0 aromatic heterocycles. The minimum atomic E-state index is -1.08. The fourth-order valence-electron chi connectivity index (χ4n) is 0.444. The molecule has 5 nitrogen and oxygen atoms in total. The van der Waals surface area contributed by atoms with Crippen molar-refractivity contribution in [3.05, 3.63) is 0 Å². The van der Waals surface area contributed by atoms with Crippen LogP contribution >= 0.6 is 0 Å². The molecule has 12 heavy (non-hydrogen) atoms. The number of aliphatic imine (C=N–C) groups is 1. The van der Waals surface area contributed by atoms with Gasteiger partial charge in [0.25, 0.3) is 0 Å². The van der Waals surface area contributed by atoms with Crippen LogP contribution in [0.2, 0.25) is 0 Å². The second-order valence-electron chi connectivity index (χ2n) is 2.79. The van der Waals surface area contributed by atoms with Crippen molar-refractivity contribution in [1.29, 1.82) is 0 Å². The second kappa shape index (κ2) is 3.85. The molecule has 0 spiro atoms. The van der Waals surface area contributed by atoms with Gasteiger partial charge in [0, 0.05) is 0 Å². The highest BCUT2D eigenvalue weighted by atomic mass is 16.4. The van der Waals surface area contributed by atoms with E-state index in [1.54, 1.807) is 13.8 Å². The van der Waals surface area contributed by atoms with E-state index >= 15 is 0 Å². The molecule has 0 aliphatic heterocycles. The van der Waals surface area contributed by atoms with Crippen molar-refractivity contribution in [2.75, 3.05) is 6.54 Å². The first-order valence-corrected chi connectivity index (χ1v) is 3.38. The number of aliphatic carboxylic acids is 1. The van der Waals surface area contributed by atoms with Crippen molar-refractivity contribution in [2.45, 2.75) is 19.4 Å². The van der Waals surface area contributed by atoms with E-state index in [0.717, 1.165) is 0 Å². The van der Waals surface area contributed by atoms with Crippen LogP contribution in [-0.4, -0.2) is 35.8 Å². The average Bonchev–Trinajstić information content (AvgIpc) is 2.00. The van der Waals surface area contributed by atoms with Crippen molar-refractivity contribution in [1.82, 2.24) is 5.32 Å². The third kappa shape index (κ3) is 3.14. The number of amides is 1. The van der Waals surface area contributed by atoms with Crippen LogP contribution in [0.3, 0.4) is 0 Å². The Morgan fingerprint density at radius 3 is 2.42 bits per heavy atom. The Hall–Kier alpha value is -1.39. The Morgan fingerprint density at radius 1 is 1.58 bits per heavy atom. The van der Waals surface area contributed by atoms with Crippen molar-refractivity contribution in [3.63, 3.8) is 0 Å². The summed E-state index contributed by atoms with van der Waals surface area (Å²) >= 11 is 0. The highest BCUT2D eigenvalue weighted by molar-refractivity contribution is 5.88. The van der Waals surface area contributed by atoms with Gasteiger partial charge in [0.15, 0.2) is 0 Å². The zero-order valence-electron chi connectivity index (χ0n) is 7.13. The Labute approximate surface area is 70.5 Å². The minimum Gasteiger partial charge on any atom is -0.480 e. The van der Waals surface area contributed by atoms with E-state index in [4.69, 9.17) is 5.11 Å². The zero-order chi connectivity index (χ0) is 9.78. The van der Waals surface area contributed by atoms with Crippen LogP contribution in [0, 0.1) is 0 Å². The third-order valence-corrected chi connectivity index (χ3v) is 1.35. The molecule has 2 N–H and O–H groups in total. The molecule has 0 heterocycles. The summed E-state index contributed by atoms with van der Waals surface area (Å²) in [6.07, 6.45) is 0. The number of rotatable bonds is 4. The maximum Gasteiger partial charge on any atom is 0.322 e. The molecule has 1 amide bonds. The number of carbonyl (C=O) groups excluding carboxylic acids is 1. The molecule has 0 fully saturated rings. The van der Waals surface area contributed by atoms with Crippen LogP contribution in [0.5, 0.6) is 0 Å². The van der Waals surface area contributed by atoms with E-state index in [-0.39, 0.29) is 0 Å². The summed E-state index contributed by atoms with van der Waals surface area (Å²) in [6.45, 7) is 5.94. The molecule has 0 radical (unpaired) electrons. The fraction of sp³-hybridized carbons (Fsp3) is 0.571. The molecule has 68 valence electrons. The van der Waals surface area contributed by atoms with E-state index in [9.17, 15) is 9.59 Å². The van der Waals surface area contributed by atoms with Gasteiger partial charge in [-0.3, -0.25) is 14.6 Å². The van der Waals surface area contributed by atoms with Crippen LogP contribution in [0.25, 0.3) is 0 Å². The van der Waals surface area contributed by atoms with Gasteiger partial charge < -0.3 is 10.4 Å². The van der Waals surface area contributed by atoms with Crippen molar-refractivity contribution in [3.8, 4) is 0 Å². The lowest BCUT2D eigenvalue weighted by Crippen LogP contribution is -2.42. The summed E-state index contributed by atoms with van der Waals surface area (Å²) in [6, 6.07) is 0. The topological polar surface area (TPSA) is 78.8 Å². The molecule has 0 aliphatic carbocycles. The smallest absolute Gasteiger partial charge is 0.322 e. The number of hydrogen-bond donors (Lipinski definition) is 2. The van der Waals surface area contributed by atoms with Crippen molar-refractivity contribution in [2.24, 2.45) is 4.99 Å². The van der Waals surface area contributed by atoms with Gasteiger partial charge >= 0.3 is 5.97 Å². The predicted molar refractivity (Wildman–Crippen MR) is 44.3 cm³/mol. The number of hydrogen-bond acceptors (Lipinski definition) is 3. The normalized spacial score (nSPS) is 10.5. The maximum atomic E-state index is 11.1. The van der Waals surface area contributed by atoms with Crippen LogP contribution in [-0.2, 0) is 9.59 Å². The van der Waals surface area contributed by atoms with E-state index in [2.05, 4.69) is 17.0 Å². The lowest BCUT2D eigenvalue weighted by molar-refractivity contribution is -0.138. The summed E-state index contributed by atoms with van der Waals surface area (Å²) in [4.78, 5) is 24.7. The molecule has 0 saturated carbocycles. The van der Waals surface area contributed by atoms with Crippen molar-refractivity contribution >= 4 is 18.6 Å². The minimum absolute atomic E-state index is 0.391. The number of carboxylic acid groups (broad SMARTS) is 1. The molecule has 0 rings (SSSR count). The summed E-state index contributed by atoms with van der Waals surface area (Å²) in [5, 5.41) is 10.4. The van der Waals surface area contributed by atoms with Crippen LogP contribution < -0.4 is 5.32 Å². The van der Waals surface area contributed by atoms with E-state index in [1.165, 1.54) is 0 Å². The van der Waals surface area contributed by atoms with Gasteiger partial charge in [-0.2, -0.15) is 0 Å². The standard InChI is InChI=1S/C7H12N2O3/c1-7(2,8-3)6(12)9-4-5(10)11/h3-4H2,1-2H3,(H,9,12)(H,10,11). The molecule has 0 bridgehead atoms. The van der Waals surface area contributed by atoms with Crippen LogP contribution in [0.1, 0.15) is 13.8 Å². The first kappa shape index (κ1) is 10.6. The highest BCUT2D eigenvalue weighted by Gasteiger charge is 2.25. The monoisotopic (exact) mass is 172 g/mol. The SMILES string of the molecule is C=NC(C)(C)C(=O)NCC(=O)O. The zero-order valence-corrected chi connectivity index (χ0v) is 7.13. The van der Waals surface area contributed by atoms with Gasteiger partial charge in [-0.15, -0.1) is 0 Å². The molecule has 0 aromatic carbocycles. The average molecular weight is 172 g/mol. The molecular weight excluding hydrogens is 160 g/mol. The molecule has 0 unspecified atom stereocenters. The quantitative estimate of drug-likeness (QED) is 0.570. The highest BCUT2D eigenvalue weighted by Crippen LogP contribution is 2.06. The van der Waals surface area contributed by atoms with Crippen LogP contribution in [0.15, 0.2) is 4.99 Å².